The van der Waals surface area contributed by atoms with Gasteiger partial charge in [-0.3, -0.25) is 4.79 Å². The lowest BCUT2D eigenvalue weighted by molar-refractivity contribution is -0.143. The van der Waals surface area contributed by atoms with Gasteiger partial charge in [-0.25, -0.2) is 0 Å². The Balaban J connectivity index is 3.06. The van der Waals surface area contributed by atoms with Crippen LogP contribution in [0.1, 0.15) is 31.9 Å². The van der Waals surface area contributed by atoms with Gasteiger partial charge in [-0.05, 0) is 17.5 Å². The molecule has 0 aromatic heterocycles. The highest BCUT2D eigenvalue weighted by atomic mass is 16.5. The van der Waals surface area contributed by atoms with Gasteiger partial charge in [0.05, 0.1) is 7.11 Å². The van der Waals surface area contributed by atoms with Gasteiger partial charge in [0.1, 0.15) is 6.04 Å². The molecule has 0 amide bonds. The van der Waals surface area contributed by atoms with Crippen LogP contribution in [0, 0.1) is 0 Å². The molecule has 3 heteroatoms. The maximum atomic E-state index is 11.5. The number of rotatable bonds is 4. The standard InChI is InChI=1S/C14H21NO2/c1-5-10-7-6-8-11(9-10)14(2,3)12(15)13(16)17-4/h6-9,12H,5,15H2,1-4H3. The van der Waals surface area contributed by atoms with E-state index in [-0.39, 0.29) is 5.97 Å². The number of carbonyl (C=O) groups excluding carboxylic acids is 1. The molecule has 0 spiro atoms. The van der Waals surface area contributed by atoms with Gasteiger partial charge < -0.3 is 10.5 Å². The van der Waals surface area contributed by atoms with Crippen LogP contribution in [0.5, 0.6) is 0 Å². The number of aryl methyl sites for hydroxylation is 1. The fraction of sp³-hybridized carbons (Fsp3) is 0.500. The third-order valence-electron chi connectivity index (χ3n) is 3.31. The summed E-state index contributed by atoms with van der Waals surface area (Å²) >= 11 is 0. The summed E-state index contributed by atoms with van der Waals surface area (Å²) in [5.41, 5.74) is 7.83. The van der Waals surface area contributed by atoms with Crippen LogP contribution in [-0.4, -0.2) is 19.1 Å². The Kier molecular flexibility index (Phi) is 4.29. The van der Waals surface area contributed by atoms with Crippen LogP contribution < -0.4 is 5.73 Å². The third-order valence-corrected chi connectivity index (χ3v) is 3.31. The Morgan fingerprint density at radius 2 is 2.12 bits per heavy atom. The zero-order valence-corrected chi connectivity index (χ0v) is 11.0. The zero-order valence-electron chi connectivity index (χ0n) is 11.0. The maximum Gasteiger partial charge on any atom is 0.323 e. The smallest absolute Gasteiger partial charge is 0.323 e. The molecule has 1 aromatic carbocycles. The highest BCUT2D eigenvalue weighted by Gasteiger charge is 2.34. The van der Waals surface area contributed by atoms with E-state index in [0.717, 1.165) is 12.0 Å². The van der Waals surface area contributed by atoms with Gasteiger partial charge in [-0.2, -0.15) is 0 Å². The van der Waals surface area contributed by atoms with Crippen molar-refractivity contribution in [3.63, 3.8) is 0 Å². The number of benzene rings is 1. The first kappa shape index (κ1) is 13.7. The van der Waals surface area contributed by atoms with E-state index in [1.54, 1.807) is 0 Å². The average molecular weight is 235 g/mol. The van der Waals surface area contributed by atoms with Crippen molar-refractivity contribution < 1.29 is 9.53 Å². The number of esters is 1. The monoisotopic (exact) mass is 235 g/mol. The van der Waals surface area contributed by atoms with Crippen molar-refractivity contribution >= 4 is 5.97 Å². The SMILES string of the molecule is CCc1cccc(C(C)(C)C(N)C(=O)OC)c1. The molecule has 2 N–H and O–H groups in total. The van der Waals surface area contributed by atoms with Crippen LogP contribution in [0.3, 0.4) is 0 Å². The summed E-state index contributed by atoms with van der Waals surface area (Å²) in [7, 11) is 1.36. The van der Waals surface area contributed by atoms with Gasteiger partial charge in [-0.1, -0.05) is 45.0 Å². The molecule has 1 aromatic rings. The molecule has 0 saturated heterocycles. The highest BCUT2D eigenvalue weighted by Crippen LogP contribution is 2.27. The van der Waals surface area contributed by atoms with Crippen molar-refractivity contribution in [2.24, 2.45) is 5.73 Å². The minimum atomic E-state index is -0.653. The number of hydrogen-bond donors (Lipinski definition) is 1. The topological polar surface area (TPSA) is 52.3 Å². The third kappa shape index (κ3) is 2.86. The fourth-order valence-electron chi connectivity index (χ4n) is 1.79. The maximum absolute atomic E-state index is 11.5. The fourth-order valence-corrected chi connectivity index (χ4v) is 1.79. The van der Waals surface area contributed by atoms with Crippen molar-refractivity contribution in [2.75, 3.05) is 7.11 Å². The van der Waals surface area contributed by atoms with Gasteiger partial charge in [0.2, 0.25) is 0 Å². The number of hydrogen-bond acceptors (Lipinski definition) is 3. The molecule has 0 aliphatic heterocycles. The molecule has 0 saturated carbocycles. The van der Waals surface area contributed by atoms with E-state index in [0.29, 0.717) is 0 Å². The zero-order chi connectivity index (χ0) is 13.1. The van der Waals surface area contributed by atoms with Gasteiger partial charge >= 0.3 is 5.97 Å². The molecule has 1 unspecified atom stereocenters. The van der Waals surface area contributed by atoms with Crippen molar-refractivity contribution in [1.29, 1.82) is 0 Å². The van der Waals surface area contributed by atoms with E-state index in [1.807, 2.05) is 26.0 Å². The lowest BCUT2D eigenvalue weighted by Crippen LogP contribution is -2.47. The summed E-state index contributed by atoms with van der Waals surface area (Å²) in [6, 6.07) is 7.52. The lowest BCUT2D eigenvalue weighted by Gasteiger charge is -2.30. The van der Waals surface area contributed by atoms with Gasteiger partial charge in [-0.15, -0.1) is 0 Å². The first-order valence-corrected chi connectivity index (χ1v) is 5.86. The van der Waals surface area contributed by atoms with Crippen molar-refractivity contribution in [3.05, 3.63) is 35.4 Å². The second-order valence-corrected chi connectivity index (χ2v) is 4.78. The molecular weight excluding hydrogens is 214 g/mol. The number of nitrogens with two attached hydrogens (primary N) is 1. The number of carbonyl (C=O) groups is 1. The van der Waals surface area contributed by atoms with Crippen LogP contribution in [0.15, 0.2) is 24.3 Å². The molecule has 0 heterocycles. The highest BCUT2D eigenvalue weighted by molar-refractivity contribution is 5.77. The van der Waals surface area contributed by atoms with Crippen LogP contribution >= 0.6 is 0 Å². The molecule has 0 bridgehead atoms. The van der Waals surface area contributed by atoms with E-state index >= 15 is 0 Å². The molecule has 17 heavy (non-hydrogen) atoms. The molecule has 0 radical (unpaired) electrons. The summed E-state index contributed by atoms with van der Waals surface area (Å²) in [5, 5.41) is 0. The summed E-state index contributed by atoms with van der Waals surface area (Å²) in [6.07, 6.45) is 0.970. The van der Waals surface area contributed by atoms with E-state index in [4.69, 9.17) is 10.5 Å². The van der Waals surface area contributed by atoms with Gasteiger partial charge in [0.25, 0.3) is 0 Å². The Labute approximate surface area is 103 Å². The van der Waals surface area contributed by atoms with Crippen LogP contribution in [0.4, 0.5) is 0 Å². The van der Waals surface area contributed by atoms with Crippen LogP contribution in [-0.2, 0) is 21.4 Å². The summed E-state index contributed by atoms with van der Waals surface area (Å²) < 4.78 is 4.71. The number of ether oxygens (including phenoxy) is 1. The van der Waals surface area contributed by atoms with Gasteiger partial charge in [0, 0.05) is 5.41 Å². The molecule has 0 fully saturated rings. The molecule has 0 aliphatic carbocycles. The van der Waals surface area contributed by atoms with E-state index in [1.165, 1.54) is 12.7 Å². The second kappa shape index (κ2) is 5.32. The summed E-state index contributed by atoms with van der Waals surface area (Å²) in [4.78, 5) is 11.5. The lowest BCUT2D eigenvalue weighted by atomic mass is 9.77. The van der Waals surface area contributed by atoms with E-state index < -0.39 is 11.5 Å². The molecule has 1 atom stereocenters. The van der Waals surface area contributed by atoms with Gasteiger partial charge in [0.15, 0.2) is 0 Å². The summed E-state index contributed by atoms with van der Waals surface area (Å²) in [5.74, 6) is -0.378. The average Bonchev–Trinajstić information content (AvgIpc) is 2.36. The predicted molar refractivity (Wildman–Crippen MR) is 68.8 cm³/mol. The predicted octanol–water partition coefficient (Wildman–Crippen LogP) is 2.03. The number of methoxy groups -OCH3 is 1. The molecule has 94 valence electrons. The quantitative estimate of drug-likeness (QED) is 0.812. The molecule has 1 rings (SSSR count). The Hall–Kier alpha value is -1.35. The molecular formula is C14H21NO2. The minimum absolute atomic E-state index is 0.378. The van der Waals surface area contributed by atoms with Crippen molar-refractivity contribution in [3.8, 4) is 0 Å². The first-order chi connectivity index (χ1) is 7.93. The Morgan fingerprint density at radius 3 is 2.65 bits per heavy atom. The van der Waals surface area contributed by atoms with Crippen LogP contribution in [0.25, 0.3) is 0 Å². The first-order valence-electron chi connectivity index (χ1n) is 5.86. The van der Waals surface area contributed by atoms with E-state index in [2.05, 4.69) is 19.1 Å². The second-order valence-electron chi connectivity index (χ2n) is 4.78. The Morgan fingerprint density at radius 1 is 1.47 bits per heavy atom. The molecule has 3 nitrogen and oxygen atoms in total. The molecule has 0 aliphatic rings. The van der Waals surface area contributed by atoms with Crippen molar-refractivity contribution in [2.45, 2.75) is 38.6 Å². The van der Waals surface area contributed by atoms with E-state index in [9.17, 15) is 4.79 Å². The summed E-state index contributed by atoms with van der Waals surface area (Å²) in [6.45, 7) is 6.03. The van der Waals surface area contributed by atoms with Crippen LogP contribution in [0.2, 0.25) is 0 Å². The Bertz CT molecular complexity index is 399. The van der Waals surface area contributed by atoms with Crippen molar-refractivity contribution in [1.82, 2.24) is 0 Å². The largest absolute Gasteiger partial charge is 0.468 e. The normalized spacial score (nSPS) is 13.2. The minimum Gasteiger partial charge on any atom is -0.468 e.